The van der Waals surface area contributed by atoms with Gasteiger partial charge in [-0.15, -0.1) is 6.42 Å². The van der Waals surface area contributed by atoms with Crippen molar-refractivity contribution >= 4 is 5.69 Å². The van der Waals surface area contributed by atoms with E-state index in [1.807, 2.05) is 12.3 Å². The largest absolute Gasteiger partial charge is 0.361 e. The Morgan fingerprint density at radius 3 is 2.94 bits per heavy atom. The highest BCUT2D eigenvalue weighted by atomic mass is 15.1. The van der Waals surface area contributed by atoms with Crippen molar-refractivity contribution in [2.45, 2.75) is 26.8 Å². The van der Waals surface area contributed by atoms with Gasteiger partial charge in [0, 0.05) is 25.0 Å². The molecule has 0 atom stereocenters. The number of hydrogen-bond acceptors (Lipinski definition) is 3. The first-order valence-corrected chi connectivity index (χ1v) is 6.15. The second-order valence-corrected chi connectivity index (χ2v) is 3.90. The Labute approximate surface area is 104 Å². The van der Waals surface area contributed by atoms with E-state index >= 15 is 0 Å². The fourth-order valence-electron chi connectivity index (χ4n) is 1.65. The highest BCUT2D eigenvalue weighted by Crippen LogP contribution is 2.13. The molecule has 0 aliphatic rings. The normalized spacial score (nSPS) is 9.94. The van der Waals surface area contributed by atoms with Gasteiger partial charge in [-0.3, -0.25) is 4.98 Å². The minimum atomic E-state index is 0.641. The monoisotopic (exact) mass is 231 g/mol. The van der Waals surface area contributed by atoms with Crippen molar-refractivity contribution in [3.05, 3.63) is 24.0 Å². The number of terminal acetylenes is 1. The summed E-state index contributed by atoms with van der Waals surface area (Å²) in [7, 11) is 0. The minimum Gasteiger partial charge on any atom is -0.361 e. The third kappa shape index (κ3) is 4.46. The van der Waals surface area contributed by atoms with Gasteiger partial charge in [0.25, 0.3) is 0 Å². The lowest BCUT2D eigenvalue weighted by Crippen LogP contribution is -2.23. The molecule has 0 saturated carbocycles. The molecular weight excluding hydrogens is 210 g/mol. The standard InChI is InChI=1S/C14H21N3/c1-4-8-15-12-13-11-14(7-9-16-13)17(6-3)10-5-2/h2,7,9,11,15H,4,6,8,10,12H2,1,3H3. The molecule has 0 bridgehead atoms. The summed E-state index contributed by atoms with van der Waals surface area (Å²) in [4.78, 5) is 6.50. The zero-order valence-corrected chi connectivity index (χ0v) is 10.7. The smallest absolute Gasteiger partial charge is 0.0791 e. The van der Waals surface area contributed by atoms with Crippen molar-refractivity contribution in [2.75, 3.05) is 24.5 Å². The zero-order chi connectivity index (χ0) is 12.5. The van der Waals surface area contributed by atoms with Crippen LogP contribution in [-0.2, 0) is 6.54 Å². The summed E-state index contributed by atoms with van der Waals surface area (Å²) in [5.41, 5.74) is 2.21. The molecule has 0 aliphatic carbocycles. The molecule has 0 radical (unpaired) electrons. The molecule has 0 aromatic carbocycles. The summed E-state index contributed by atoms with van der Waals surface area (Å²) in [5, 5.41) is 3.35. The van der Waals surface area contributed by atoms with E-state index in [2.05, 4.69) is 41.0 Å². The molecule has 3 nitrogen and oxygen atoms in total. The predicted molar refractivity (Wildman–Crippen MR) is 73.0 cm³/mol. The summed E-state index contributed by atoms with van der Waals surface area (Å²) in [6, 6.07) is 4.10. The van der Waals surface area contributed by atoms with Crippen LogP contribution in [0.5, 0.6) is 0 Å². The van der Waals surface area contributed by atoms with Crippen LogP contribution in [0.15, 0.2) is 18.3 Å². The Hall–Kier alpha value is -1.53. The van der Waals surface area contributed by atoms with Crippen molar-refractivity contribution in [2.24, 2.45) is 0 Å². The maximum absolute atomic E-state index is 5.36. The van der Waals surface area contributed by atoms with E-state index in [-0.39, 0.29) is 0 Å². The SMILES string of the molecule is C#CCN(CC)c1ccnc(CNCCC)c1. The molecule has 92 valence electrons. The molecule has 0 aliphatic heterocycles. The van der Waals surface area contributed by atoms with Crippen LogP contribution in [0.4, 0.5) is 5.69 Å². The number of pyridine rings is 1. The van der Waals surface area contributed by atoms with Gasteiger partial charge in [-0.25, -0.2) is 0 Å². The zero-order valence-electron chi connectivity index (χ0n) is 10.7. The molecule has 1 N–H and O–H groups in total. The first-order valence-electron chi connectivity index (χ1n) is 6.15. The molecule has 3 heteroatoms. The molecule has 0 fully saturated rings. The molecule has 0 spiro atoms. The molecular formula is C14H21N3. The van der Waals surface area contributed by atoms with E-state index in [0.717, 1.165) is 37.4 Å². The minimum absolute atomic E-state index is 0.641. The lowest BCUT2D eigenvalue weighted by molar-refractivity contribution is 0.664. The Morgan fingerprint density at radius 1 is 1.47 bits per heavy atom. The van der Waals surface area contributed by atoms with Gasteiger partial charge in [-0.2, -0.15) is 0 Å². The van der Waals surface area contributed by atoms with Crippen LogP contribution in [0.25, 0.3) is 0 Å². The Balaban J connectivity index is 2.67. The first-order chi connectivity index (χ1) is 8.31. The Morgan fingerprint density at radius 2 is 2.29 bits per heavy atom. The summed E-state index contributed by atoms with van der Waals surface area (Å²) in [6.07, 6.45) is 8.34. The van der Waals surface area contributed by atoms with Gasteiger partial charge < -0.3 is 10.2 Å². The molecule has 1 aromatic heterocycles. The van der Waals surface area contributed by atoms with Crippen molar-refractivity contribution in [1.82, 2.24) is 10.3 Å². The number of nitrogens with zero attached hydrogens (tertiary/aromatic N) is 2. The summed E-state index contributed by atoms with van der Waals surface area (Å²) < 4.78 is 0. The third-order valence-corrected chi connectivity index (χ3v) is 2.56. The highest BCUT2D eigenvalue weighted by molar-refractivity contribution is 5.47. The first kappa shape index (κ1) is 13.5. The molecule has 0 unspecified atom stereocenters. The molecule has 1 heterocycles. The average molecular weight is 231 g/mol. The van der Waals surface area contributed by atoms with Crippen LogP contribution >= 0.6 is 0 Å². The summed E-state index contributed by atoms with van der Waals surface area (Å²) >= 11 is 0. The number of hydrogen-bond donors (Lipinski definition) is 1. The Kier molecular flexibility index (Phi) is 6.13. The topological polar surface area (TPSA) is 28.2 Å². The highest BCUT2D eigenvalue weighted by Gasteiger charge is 2.03. The molecule has 1 rings (SSSR count). The number of rotatable bonds is 7. The molecule has 0 saturated heterocycles. The van der Waals surface area contributed by atoms with E-state index < -0.39 is 0 Å². The van der Waals surface area contributed by atoms with Crippen LogP contribution in [-0.4, -0.2) is 24.6 Å². The van der Waals surface area contributed by atoms with Crippen molar-refractivity contribution in [3.63, 3.8) is 0 Å². The maximum atomic E-state index is 5.36. The number of aromatic nitrogens is 1. The molecule has 1 aromatic rings. The van der Waals surface area contributed by atoms with Crippen molar-refractivity contribution in [3.8, 4) is 12.3 Å². The second-order valence-electron chi connectivity index (χ2n) is 3.90. The van der Waals surface area contributed by atoms with Crippen LogP contribution in [0.3, 0.4) is 0 Å². The average Bonchev–Trinajstić information content (AvgIpc) is 2.36. The summed E-state index contributed by atoms with van der Waals surface area (Å²) in [5.74, 6) is 2.68. The van der Waals surface area contributed by atoms with E-state index in [0.29, 0.717) is 6.54 Å². The number of nitrogens with one attached hydrogen (secondary N) is 1. The summed E-state index contributed by atoms with van der Waals surface area (Å²) in [6.45, 7) is 7.65. The van der Waals surface area contributed by atoms with Crippen LogP contribution in [0, 0.1) is 12.3 Å². The van der Waals surface area contributed by atoms with Gasteiger partial charge >= 0.3 is 0 Å². The van der Waals surface area contributed by atoms with E-state index in [9.17, 15) is 0 Å². The molecule has 17 heavy (non-hydrogen) atoms. The van der Waals surface area contributed by atoms with Gasteiger partial charge in [0.2, 0.25) is 0 Å². The third-order valence-electron chi connectivity index (χ3n) is 2.56. The lowest BCUT2D eigenvalue weighted by Gasteiger charge is -2.20. The van der Waals surface area contributed by atoms with Gasteiger partial charge in [-0.05, 0) is 32.0 Å². The van der Waals surface area contributed by atoms with Crippen LogP contribution in [0.2, 0.25) is 0 Å². The lowest BCUT2D eigenvalue weighted by atomic mass is 10.2. The van der Waals surface area contributed by atoms with Gasteiger partial charge in [0.05, 0.1) is 12.2 Å². The second kappa shape index (κ2) is 7.70. The van der Waals surface area contributed by atoms with E-state index in [1.165, 1.54) is 0 Å². The maximum Gasteiger partial charge on any atom is 0.0791 e. The fourth-order valence-corrected chi connectivity index (χ4v) is 1.65. The van der Waals surface area contributed by atoms with Gasteiger partial charge in [0.15, 0.2) is 0 Å². The number of anilines is 1. The fraction of sp³-hybridized carbons (Fsp3) is 0.500. The van der Waals surface area contributed by atoms with E-state index in [1.54, 1.807) is 0 Å². The van der Waals surface area contributed by atoms with Gasteiger partial charge in [0.1, 0.15) is 0 Å². The van der Waals surface area contributed by atoms with Crippen molar-refractivity contribution < 1.29 is 0 Å². The van der Waals surface area contributed by atoms with Crippen LogP contribution < -0.4 is 10.2 Å². The van der Waals surface area contributed by atoms with Crippen molar-refractivity contribution in [1.29, 1.82) is 0 Å². The van der Waals surface area contributed by atoms with Crippen LogP contribution in [0.1, 0.15) is 26.0 Å². The quantitative estimate of drug-likeness (QED) is 0.575. The van der Waals surface area contributed by atoms with Gasteiger partial charge in [-0.1, -0.05) is 12.8 Å². The van der Waals surface area contributed by atoms with E-state index in [4.69, 9.17) is 6.42 Å². The predicted octanol–water partition coefficient (Wildman–Crippen LogP) is 2.04. The molecule has 0 amide bonds. The Bertz CT molecular complexity index is 368.